The maximum atomic E-state index is 12.8. The van der Waals surface area contributed by atoms with Crippen LogP contribution in [-0.4, -0.2) is 38.9 Å². The Morgan fingerprint density at radius 2 is 2.08 bits per heavy atom. The minimum absolute atomic E-state index is 0.0697. The van der Waals surface area contributed by atoms with E-state index in [9.17, 15) is 9.59 Å². The summed E-state index contributed by atoms with van der Waals surface area (Å²) in [5, 5.41) is 0.542. The molecule has 0 spiro atoms. The van der Waals surface area contributed by atoms with Gasteiger partial charge in [-0.1, -0.05) is 0 Å². The first-order chi connectivity index (χ1) is 11.4. The second-order valence-corrected chi connectivity index (χ2v) is 7.67. The summed E-state index contributed by atoms with van der Waals surface area (Å²) in [7, 11) is 3.45. The molecule has 8 heteroatoms. The molecule has 3 aromatic heterocycles. The fraction of sp³-hybridized carbons (Fsp3) is 0.375. The average Bonchev–Trinajstić information content (AvgIpc) is 3.11. The Balaban J connectivity index is 1.85. The van der Waals surface area contributed by atoms with Crippen LogP contribution < -0.4 is 5.56 Å². The van der Waals surface area contributed by atoms with Crippen LogP contribution in [-0.2, 0) is 13.5 Å². The second kappa shape index (κ2) is 6.45. The third-order valence-electron chi connectivity index (χ3n) is 4.07. The van der Waals surface area contributed by atoms with Crippen LogP contribution in [0.15, 0.2) is 16.6 Å². The number of hydrogen-bond acceptors (Lipinski definition) is 6. The van der Waals surface area contributed by atoms with Crippen molar-refractivity contribution in [3.05, 3.63) is 43.2 Å². The van der Waals surface area contributed by atoms with E-state index >= 15 is 0 Å². The Morgan fingerprint density at radius 3 is 2.75 bits per heavy atom. The molecule has 24 heavy (non-hydrogen) atoms. The van der Waals surface area contributed by atoms with Gasteiger partial charge in [0.15, 0.2) is 0 Å². The van der Waals surface area contributed by atoms with Crippen LogP contribution >= 0.6 is 22.7 Å². The monoisotopic (exact) mass is 362 g/mol. The highest BCUT2D eigenvalue weighted by Gasteiger charge is 2.21. The Labute approximate surface area is 147 Å². The molecule has 3 heterocycles. The molecule has 3 aromatic rings. The number of amides is 1. The van der Waals surface area contributed by atoms with Crippen LogP contribution in [0.1, 0.15) is 25.8 Å². The SMILES string of the molecule is Cc1ncsc1CCN(C)C(=O)c1sc2ncn(C)c(=O)c2c1C. The normalized spacial score (nSPS) is 11.2. The zero-order valence-corrected chi connectivity index (χ0v) is 15.6. The molecule has 6 nitrogen and oxygen atoms in total. The number of thiazole rings is 1. The van der Waals surface area contributed by atoms with Gasteiger partial charge in [0, 0.05) is 31.9 Å². The number of carbonyl (C=O) groups excluding carboxylic acids is 1. The highest BCUT2D eigenvalue weighted by molar-refractivity contribution is 7.20. The predicted octanol–water partition coefficient (Wildman–Crippen LogP) is 2.38. The molecule has 0 aliphatic rings. The molecule has 0 aliphatic heterocycles. The quantitative estimate of drug-likeness (QED) is 0.715. The van der Waals surface area contributed by atoms with E-state index in [1.165, 1.54) is 27.1 Å². The lowest BCUT2D eigenvalue weighted by atomic mass is 10.2. The summed E-state index contributed by atoms with van der Waals surface area (Å²) in [5.74, 6) is -0.0697. The topological polar surface area (TPSA) is 68.1 Å². The van der Waals surface area contributed by atoms with Crippen molar-refractivity contribution in [3.63, 3.8) is 0 Å². The Morgan fingerprint density at radius 1 is 1.33 bits per heavy atom. The molecule has 0 bridgehead atoms. The van der Waals surface area contributed by atoms with Crippen LogP contribution in [0.3, 0.4) is 0 Å². The fourth-order valence-electron chi connectivity index (χ4n) is 2.52. The van der Waals surface area contributed by atoms with Gasteiger partial charge in [0.2, 0.25) is 0 Å². The van der Waals surface area contributed by atoms with Gasteiger partial charge in [-0.05, 0) is 19.4 Å². The summed E-state index contributed by atoms with van der Waals surface area (Å²) in [4.78, 5) is 37.6. The number of carbonyl (C=O) groups is 1. The molecule has 0 aromatic carbocycles. The number of hydrogen-bond donors (Lipinski definition) is 0. The lowest BCUT2D eigenvalue weighted by Crippen LogP contribution is -2.28. The highest BCUT2D eigenvalue weighted by atomic mass is 32.1. The van der Waals surface area contributed by atoms with E-state index in [-0.39, 0.29) is 11.5 Å². The van der Waals surface area contributed by atoms with E-state index in [1.54, 1.807) is 30.3 Å². The molecule has 126 valence electrons. The number of fused-ring (bicyclic) bond motifs is 1. The van der Waals surface area contributed by atoms with Crippen LogP contribution in [0.4, 0.5) is 0 Å². The van der Waals surface area contributed by atoms with Crippen molar-refractivity contribution < 1.29 is 4.79 Å². The number of likely N-dealkylation sites (N-methyl/N-ethyl adjacent to an activating group) is 1. The van der Waals surface area contributed by atoms with Crippen LogP contribution in [0.5, 0.6) is 0 Å². The molecule has 0 atom stereocenters. The molecule has 0 fully saturated rings. The van der Waals surface area contributed by atoms with Crippen LogP contribution in [0.25, 0.3) is 10.2 Å². The second-order valence-electron chi connectivity index (χ2n) is 5.73. The molecule has 0 unspecified atom stereocenters. The molecule has 1 amide bonds. The van der Waals surface area contributed by atoms with E-state index in [1.807, 2.05) is 19.4 Å². The first kappa shape index (κ1) is 16.8. The number of nitrogens with zero attached hydrogens (tertiary/aromatic N) is 4. The summed E-state index contributed by atoms with van der Waals surface area (Å²) in [6.07, 6.45) is 2.27. The Hall–Kier alpha value is -2.06. The van der Waals surface area contributed by atoms with Crippen molar-refractivity contribution in [3.8, 4) is 0 Å². The first-order valence-corrected chi connectivity index (χ1v) is 9.19. The number of rotatable bonds is 4. The van der Waals surface area contributed by atoms with Gasteiger partial charge in [0.05, 0.1) is 27.8 Å². The molecular weight excluding hydrogens is 344 g/mol. The minimum atomic E-state index is -0.115. The highest BCUT2D eigenvalue weighted by Crippen LogP contribution is 2.27. The van der Waals surface area contributed by atoms with E-state index in [0.717, 1.165) is 17.7 Å². The van der Waals surface area contributed by atoms with Crippen molar-refractivity contribution in [1.82, 2.24) is 19.4 Å². The maximum Gasteiger partial charge on any atom is 0.264 e. The maximum absolute atomic E-state index is 12.8. The van der Waals surface area contributed by atoms with Gasteiger partial charge in [-0.15, -0.1) is 22.7 Å². The molecule has 0 N–H and O–H groups in total. The lowest BCUT2D eigenvalue weighted by molar-refractivity contribution is 0.0801. The minimum Gasteiger partial charge on any atom is -0.341 e. The van der Waals surface area contributed by atoms with Crippen molar-refractivity contribution in [2.75, 3.05) is 13.6 Å². The van der Waals surface area contributed by atoms with Gasteiger partial charge in [0.25, 0.3) is 11.5 Å². The van der Waals surface area contributed by atoms with Crippen molar-refractivity contribution in [2.24, 2.45) is 7.05 Å². The van der Waals surface area contributed by atoms with Gasteiger partial charge < -0.3 is 9.47 Å². The van der Waals surface area contributed by atoms with Crippen LogP contribution in [0, 0.1) is 13.8 Å². The summed E-state index contributed by atoms with van der Waals surface area (Å²) in [5.41, 5.74) is 3.45. The van der Waals surface area contributed by atoms with E-state index in [0.29, 0.717) is 21.6 Å². The number of thiophene rings is 1. The lowest BCUT2D eigenvalue weighted by Gasteiger charge is -2.16. The first-order valence-electron chi connectivity index (χ1n) is 7.49. The Bertz CT molecular complexity index is 970. The zero-order valence-electron chi connectivity index (χ0n) is 14.0. The molecule has 3 rings (SSSR count). The fourth-order valence-corrected chi connectivity index (χ4v) is 4.43. The largest absolute Gasteiger partial charge is 0.341 e. The number of aromatic nitrogens is 3. The van der Waals surface area contributed by atoms with Gasteiger partial charge in [-0.25, -0.2) is 9.97 Å². The molecule has 0 radical (unpaired) electrons. The summed E-state index contributed by atoms with van der Waals surface area (Å²) < 4.78 is 1.44. The zero-order chi connectivity index (χ0) is 17.4. The summed E-state index contributed by atoms with van der Waals surface area (Å²) in [6, 6.07) is 0. The summed E-state index contributed by atoms with van der Waals surface area (Å²) in [6.45, 7) is 4.41. The predicted molar refractivity (Wildman–Crippen MR) is 97.1 cm³/mol. The van der Waals surface area contributed by atoms with Gasteiger partial charge in [-0.3, -0.25) is 9.59 Å². The van der Waals surface area contributed by atoms with Gasteiger partial charge >= 0.3 is 0 Å². The van der Waals surface area contributed by atoms with Crippen molar-refractivity contribution in [1.29, 1.82) is 0 Å². The van der Waals surface area contributed by atoms with Gasteiger partial charge in [-0.2, -0.15) is 0 Å². The standard InChI is InChI=1S/C16H18N4O2S2/c1-9-12-14(17-7-20(4)15(12)21)24-13(9)16(22)19(3)6-5-11-10(2)18-8-23-11/h7-8H,5-6H2,1-4H3. The van der Waals surface area contributed by atoms with E-state index in [2.05, 4.69) is 9.97 Å². The molecule has 0 aliphatic carbocycles. The molecule has 0 saturated heterocycles. The molecular formula is C16H18N4O2S2. The van der Waals surface area contributed by atoms with Crippen LogP contribution in [0.2, 0.25) is 0 Å². The van der Waals surface area contributed by atoms with E-state index < -0.39 is 0 Å². The third-order valence-corrected chi connectivity index (χ3v) is 6.25. The molecule has 0 saturated carbocycles. The van der Waals surface area contributed by atoms with Crippen molar-refractivity contribution in [2.45, 2.75) is 20.3 Å². The van der Waals surface area contributed by atoms with E-state index in [4.69, 9.17) is 0 Å². The number of aryl methyl sites for hydroxylation is 3. The average molecular weight is 362 g/mol. The Kier molecular flexibility index (Phi) is 4.51. The smallest absolute Gasteiger partial charge is 0.264 e. The van der Waals surface area contributed by atoms with Gasteiger partial charge in [0.1, 0.15) is 4.83 Å². The third kappa shape index (κ3) is 2.87. The summed E-state index contributed by atoms with van der Waals surface area (Å²) >= 11 is 2.89. The van der Waals surface area contributed by atoms with Crippen molar-refractivity contribution >= 4 is 38.8 Å².